The minimum absolute atomic E-state index is 0.0154. The number of halogens is 1. The van der Waals surface area contributed by atoms with E-state index in [1.54, 1.807) is 12.1 Å². The zero-order chi connectivity index (χ0) is 18.9. The molecule has 0 heterocycles. The van der Waals surface area contributed by atoms with Crippen molar-refractivity contribution in [3.05, 3.63) is 35.6 Å². The quantitative estimate of drug-likeness (QED) is 0.717. The number of rotatable bonds is 6. The largest absolute Gasteiger partial charge is 0.352 e. The molecule has 4 fully saturated rings. The summed E-state index contributed by atoms with van der Waals surface area (Å²) >= 11 is 0. The van der Waals surface area contributed by atoms with Crippen molar-refractivity contribution >= 4 is 11.9 Å². The van der Waals surface area contributed by atoms with Gasteiger partial charge in [-0.05, 0) is 74.0 Å². The van der Waals surface area contributed by atoms with E-state index in [2.05, 4.69) is 16.0 Å². The van der Waals surface area contributed by atoms with E-state index in [4.69, 9.17) is 0 Å². The molecule has 0 atom stereocenters. The van der Waals surface area contributed by atoms with Gasteiger partial charge in [-0.25, -0.2) is 9.18 Å². The minimum atomic E-state index is -0.315. The van der Waals surface area contributed by atoms with Crippen LogP contribution in [-0.4, -0.2) is 24.0 Å². The molecule has 1 aromatic carbocycles. The van der Waals surface area contributed by atoms with Crippen molar-refractivity contribution in [3.63, 3.8) is 0 Å². The highest BCUT2D eigenvalue weighted by Crippen LogP contribution is 2.55. The molecular formula is C21H28FN3O2. The zero-order valence-electron chi connectivity index (χ0n) is 15.6. The predicted octanol–water partition coefficient (Wildman–Crippen LogP) is 3.10. The first-order valence-electron chi connectivity index (χ1n) is 10.1. The number of amides is 3. The van der Waals surface area contributed by atoms with E-state index < -0.39 is 0 Å². The maximum absolute atomic E-state index is 13.1. The molecule has 27 heavy (non-hydrogen) atoms. The van der Waals surface area contributed by atoms with Crippen LogP contribution in [0.3, 0.4) is 0 Å². The second-order valence-electron chi connectivity index (χ2n) is 8.74. The highest BCUT2D eigenvalue weighted by molar-refractivity contribution is 5.78. The van der Waals surface area contributed by atoms with Gasteiger partial charge < -0.3 is 16.0 Å². The fourth-order valence-corrected chi connectivity index (χ4v) is 5.77. The lowest BCUT2D eigenvalue weighted by atomic mass is 9.53. The van der Waals surface area contributed by atoms with Crippen molar-refractivity contribution in [2.75, 3.05) is 6.54 Å². The Labute approximate surface area is 159 Å². The minimum Gasteiger partial charge on any atom is -0.352 e. The Bertz CT molecular complexity index is 686. The monoisotopic (exact) mass is 373 g/mol. The summed E-state index contributed by atoms with van der Waals surface area (Å²) in [6.07, 6.45) is 7.57. The van der Waals surface area contributed by atoms with Crippen molar-refractivity contribution < 1.29 is 14.0 Å². The molecule has 0 spiro atoms. The molecule has 0 saturated heterocycles. The molecule has 5 rings (SSSR count). The van der Waals surface area contributed by atoms with E-state index in [0.717, 1.165) is 42.6 Å². The number of carbonyl (C=O) groups is 2. The Hall–Kier alpha value is -2.11. The smallest absolute Gasteiger partial charge is 0.315 e. The van der Waals surface area contributed by atoms with Gasteiger partial charge in [-0.2, -0.15) is 0 Å². The van der Waals surface area contributed by atoms with Crippen LogP contribution in [0.1, 0.15) is 50.5 Å². The highest BCUT2D eigenvalue weighted by atomic mass is 19.1. The third-order valence-corrected chi connectivity index (χ3v) is 6.43. The Morgan fingerprint density at radius 1 is 1.04 bits per heavy atom. The molecule has 0 aliphatic heterocycles. The first-order chi connectivity index (χ1) is 13.0. The molecule has 4 saturated carbocycles. The van der Waals surface area contributed by atoms with E-state index >= 15 is 0 Å². The first kappa shape index (κ1) is 18.3. The molecule has 4 aliphatic carbocycles. The van der Waals surface area contributed by atoms with Gasteiger partial charge in [-0.3, -0.25) is 4.79 Å². The van der Waals surface area contributed by atoms with E-state index in [1.165, 1.54) is 31.4 Å². The number of nitrogens with one attached hydrogen (secondary N) is 3. The van der Waals surface area contributed by atoms with Crippen molar-refractivity contribution in [2.45, 2.75) is 57.0 Å². The van der Waals surface area contributed by atoms with Crippen LogP contribution in [0.4, 0.5) is 9.18 Å². The van der Waals surface area contributed by atoms with Gasteiger partial charge in [0, 0.05) is 25.0 Å². The molecule has 146 valence electrons. The molecule has 3 N–H and O–H groups in total. The maximum atomic E-state index is 13.1. The number of hydrogen-bond acceptors (Lipinski definition) is 2. The van der Waals surface area contributed by atoms with E-state index in [0.29, 0.717) is 6.54 Å². The Morgan fingerprint density at radius 2 is 1.70 bits per heavy atom. The fourth-order valence-electron chi connectivity index (χ4n) is 5.77. The summed E-state index contributed by atoms with van der Waals surface area (Å²) in [6, 6.07) is 6.00. The van der Waals surface area contributed by atoms with Crippen LogP contribution in [0, 0.1) is 23.6 Å². The van der Waals surface area contributed by atoms with E-state index in [9.17, 15) is 14.0 Å². The van der Waals surface area contributed by atoms with E-state index in [1.807, 2.05) is 0 Å². The van der Waals surface area contributed by atoms with Gasteiger partial charge in [0.05, 0.1) is 0 Å². The normalized spacial score (nSPS) is 30.8. The molecule has 6 heteroatoms. The molecule has 4 aliphatic rings. The summed E-state index contributed by atoms with van der Waals surface area (Å²) in [7, 11) is 0. The zero-order valence-corrected chi connectivity index (χ0v) is 15.6. The van der Waals surface area contributed by atoms with Gasteiger partial charge in [-0.1, -0.05) is 12.1 Å². The summed E-state index contributed by atoms with van der Waals surface area (Å²) < 4.78 is 13.1. The molecule has 0 radical (unpaired) electrons. The molecule has 0 aromatic heterocycles. The van der Waals surface area contributed by atoms with Crippen molar-refractivity contribution in [3.8, 4) is 0 Å². The molecule has 4 bridgehead atoms. The standard InChI is InChI=1S/C21H28FN3O2/c22-18-3-1-2-14(9-18)13-24-19(26)4-5-23-20(27)25-21-10-15-6-16(11-21)8-17(7-15)12-21/h1-3,9,15-17H,4-8,10-13H2,(H,24,26)(H2,23,25,27). The van der Waals surface area contributed by atoms with Gasteiger partial charge in [0.2, 0.25) is 5.91 Å². The number of benzene rings is 1. The van der Waals surface area contributed by atoms with Crippen LogP contribution in [0.5, 0.6) is 0 Å². The van der Waals surface area contributed by atoms with Crippen molar-refractivity contribution in [1.82, 2.24) is 16.0 Å². The van der Waals surface area contributed by atoms with Gasteiger partial charge >= 0.3 is 6.03 Å². The molecular weight excluding hydrogens is 345 g/mol. The van der Waals surface area contributed by atoms with Gasteiger partial charge in [0.15, 0.2) is 0 Å². The van der Waals surface area contributed by atoms with Crippen LogP contribution < -0.4 is 16.0 Å². The number of carbonyl (C=O) groups excluding carboxylic acids is 2. The molecule has 1 aromatic rings. The lowest BCUT2D eigenvalue weighted by Gasteiger charge is -2.56. The third kappa shape index (κ3) is 4.42. The van der Waals surface area contributed by atoms with Crippen LogP contribution in [0.15, 0.2) is 24.3 Å². The second kappa shape index (κ2) is 7.49. The van der Waals surface area contributed by atoms with Gasteiger partial charge in [-0.15, -0.1) is 0 Å². The lowest BCUT2D eigenvalue weighted by Crippen LogP contribution is -2.61. The second-order valence-corrected chi connectivity index (χ2v) is 8.74. The highest BCUT2D eigenvalue weighted by Gasteiger charge is 2.51. The predicted molar refractivity (Wildman–Crippen MR) is 100 cm³/mol. The topological polar surface area (TPSA) is 70.2 Å². The maximum Gasteiger partial charge on any atom is 0.315 e. The molecule has 0 unspecified atom stereocenters. The van der Waals surface area contributed by atoms with Crippen LogP contribution in [-0.2, 0) is 11.3 Å². The Morgan fingerprint density at radius 3 is 2.33 bits per heavy atom. The Balaban J connectivity index is 1.17. The Kier molecular flexibility index (Phi) is 5.06. The van der Waals surface area contributed by atoms with Crippen molar-refractivity contribution in [2.24, 2.45) is 17.8 Å². The molecule has 3 amide bonds. The summed E-state index contributed by atoms with van der Waals surface area (Å²) in [5.74, 6) is 1.87. The number of urea groups is 1. The van der Waals surface area contributed by atoms with Gasteiger partial charge in [0.1, 0.15) is 5.82 Å². The average molecular weight is 373 g/mol. The first-order valence-corrected chi connectivity index (χ1v) is 10.1. The summed E-state index contributed by atoms with van der Waals surface area (Å²) in [5.41, 5.74) is 0.703. The summed E-state index contributed by atoms with van der Waals surface area (Å²) in [6.45, 7) is 0.587. The SMILES string of the molecule is O=C(CCNC(=O)NC12CC3CC(CC(C3)C1)C2)NCc1cccc(F)c1. The van der Waals surface area contributed by atoms with Crippen LogP contribution >= 0.6 is 0 Å². The summed E-state index contributed by atoms with van der Waals surface area (Å²) in [5, 5.41) is 8.81. The molecule has 5 nitrogen and oxygen atoms in total. The summed E-state index contributed by atoms with van der Waals surface area (Å²) in [4.78, 5) is 24.2. The lowest BCUT2D eigenvalue weighted by molar-refractivity contribution is -0.121. The third-order valence-electron chi connectivity index (χ3n) is 6.43. The van der Waals surface area contributed by atoms with Crippen LogP contribution in [0.2, 0.25) is 0 Å². The van der Waals surface area contributed by atoms with E-state index in [-0.39, 0.29) is 36.3 Å². The number of hydrogen-bond donors (Lipinski definition) is 3. The van der Waals surface area contributed by atoms with Crippen molar-refractivity contribution in [1.29, 1.82) is 0 Å². The average Bonchev–Trinajstić information content (AvgIpc) is 2.58. The fraction of sp³-hybridized carbons (Fsp3) is 0.619. The van der Waals surface area contributed by atoms with Gasteiger partial charge in [0.25, 0.3) is 0 Å². The van der Waals surface area contributed by atoms with Crippen LogP contribution in [0.25, 0.3) is 0 Å².